The number of carbonyl (C=O) groups excluding carboxylic acids is 1. The number of Topliss-reactive ketones (excluding diaryl/α,β-unsaturated/α-hetero) is 1. The van der Waals surface area contributed by atoms with Crippen molar-refractivity contribution in [1.29, 1.82) is 0 Å². The lowest BCUT2D eigenvalue weighted by atomic mass is 9.95. The summed E-state index contributed by atoms with van der Waals surface area (Å²) in [5, 5.41) is 18.8. The number of aliphatic hydroxyl groups is 2. The van der Waals surface area contributed by atoms with Gasteiger partial charge >= 0.3 is 12.4 Å². The smallest absolute Gasteiger partial charge is 0.388 e. The number of fused-ring (bicyclic) bond motifs is 1. The third kappa shape index (κ3) is 2.62. The second kappa shape index (κ2) is 4.70. The first-order valence-corrected chi connectivity index (χ1v) is 5.63. The van der Waals surface area contributed by atoms with Gasteiger partial charge in [-0.25, -0.2) is 0 Å². The van der Waals surface area contributed by atoms with Crippen LogP contribution >= 0.6 is 0 Å². The minimum absolute atomic E-state index is 0.360. The average Bonchev–Trinajstić information content (AvgIpc) is 2.58. The molecule has 2 rings (SSSR count). The Bertz CT molecular complexity index is 577. The first-order chi connectivity index (χ1) is 9.44. The summed E-state index contributed by atoms with van der Waals surface area (Å²) < 4.78 is 74.9. The van der Waals surface area contributed by atoms with Gasteiger partial charge in [0.15, 0.2) is 11.9 Å². The first-order valence-electron chi connectivity index (χ1n) is 5.63. The quantitative estimate of drug-likeness (QED) is 0.783. The maximum absolute atomic E-state index is 12.5. The van der Waals surface area contributed by atoms with E-state index in [1.165, 1.54) is 0 Å². The number of rotatable bonds is 1. The van der Waals surface area contributed by atoms with Crippen LogP contribution in [-0.2, 0) is 6.18 Å². The van der Waals surface area contributed by atoms with Crippen molar-refractivity contribution in [2.45, 2.75) is 24.6 Å². The lowest BCUT2D eigenvalue weighted by molar-refractivity contribution is -0.221. The van der Waals surface area contributed by atoms with E-state index in [9.17, 15) is 36.2 Å². The summed E-state index contributed by atoms with van der Waals surface area (Å²) >= 11 is 0. The molecule has 3 atom stereocenters. The van der Waals surface area contributed by atoms with Crippen LogP contribution in [0, 0.1) is 5.92 Å². The molecule has 0 saturated heterocycles. The third-order valence-electron chi connectivity index (χ3n) is 3.28. The number of benzene rings is 1. The van der Waals surface area contributed by atoms with E-state index in [4.69, 9.17) is 5.11 Å². The Morgan fingerprint density at radius 1 is 1.10 bits per heavy atom. The molecule has 0 fully saturated rings. The lowest BCUT2D eigenvalue weighted by Gasteiger charge is -2.22. The topological polar surface area (TPSA) is 57.5 Å². The zero-order chi connectivity index (χ0) is 16.2. The van der Waals surface area contributed by atoms with Crippen molar-refractivity contribution >= 4 is 5.78 Å². The highest BCUT2D eigenvalue weighted by Crippen LogP contribution is 2.43. The zero-order valence-electron chi connectivity index (χ0n) is 10.0. The van der Waals surface area contributed by atoms with Gasteiger partial charge < -0.3 is 10.2 Å². The van der Waals surface area contributed by atoms with Crippen molar-refractivity contribution in [2.24, 2.45) is 5.92 Å². The molecule has 1 aromatic rings. The number of ketones is 1. The molecular weight excluding hydrogens is 306 g/mol. The van der Waals surface area contributed by atoms with Gasteiger partial charge in [-0.3, -0.25) is 4.79 Å². The molecule has 21 heavy (non-hydrogen) atoms. The highest BCUT2D eigenvalue weighted by Gasteiger charge is 2.53. The highest BCUT2D eigenvalue weighted by atomic mass is 19.4. The summed E-state index contributed by atoms with van der Waals surface area (Å²) in [6, 6.07) is 1.67. The van der Waals surface area contributed by atoms with Gasteiger partial charge in [-0.2, -0.15) is 26.3 Å². The van der Waals surface area contributed by atoms with Gasteiger partial charge in [-0.15, -0.1) is 0 Å². The Labute approximate surface area is 113 Å². The molecule has 0 amide bonds. The van der Waals surface area contributed by atoms with Crippen molar-refractivity contribution in [2.75, 3.05) is 0 Å². The monoisotopic (exact) mass is 314 g/mol. The van der Waals surface area contributed by atoms with Gasteiger partial charge in [0, 0.05) is 5.56 Å². The van der Waals surface area contributed by atoms with Crippen LogP contribution in [0.5, 0.6) is 0 Å². The summed E-state index contributed by atoms with van der Waals surface area (Å²) in [7, 11) is 0. The van der Waals surface area contributed by atoms with Gasteiger partial charge in [0.25, 0.3) is 0 Å². The Kier molecular flexibility index (Phi) is 3.53. The van der Waals surface area contributed by atoms with Gasteiger partial charge in [0.1, 0.15) is 0 Å². The number of aliphatic hydroxyl groups excluding tert-OH is 2. The Morgan fingerprint density at radius 2 is 1.67 bits per heavy atom. The van der Waals surface area contributed by atoms with E-state index in [1.54, 1.807) is 0 Å². The number of carbonyl (C=O) groups is 1. The minimum Gasteiger partial charge on any atom is -0.388 e. The molecule has 116 valence electrons. The molecule has 3 unspecified atom stereocenters. The molecule has 9 heteroatoms. The Morgan fingerprint density at radius 3 is 2.14 bits per heavy atom. The summed E-state index contributed by atoms with van der Waals surface area (Å²) in [4.78, 5) is 11.8. The molecule has 2 N–H and O–H groups in total. The fourth-order valence-corrected chi connectivity index (χ4v) is 2.24. The van der Waals surface area contributed by atoms with E-state index in [-0.39, 0.29) is 5.56 Å². The summed E-state index contributed by atoms with van der Waals surface area (Å²) in [6.07, 6.45) is -15.1. The molecule has 1 aliphatic carbocycles. The standard InChI is InChI=1S/C12H8F6O3/c13-11(14,15)4-1-2-5-6(3-4)9(20)7(8(5)19)10(21)12(16,17)18/h1-3,7-8,10,19,21H. The molecule has 1 aliphatic rings. The normalized spacial score (nSPS) is 24.1. The fourth-order valence-electron chi connectivity index (χ4n) is 2.24. The lowest BCUT2D eigenvalue weighted by Crippen LogP contribution is -2.40. The SMILES string of the molecule is O=C1c2cc(C(F)(F)F)ccc2C(O)C1C(O)C(F)(F)F. The molecule has 1 aromatic carbocycles. The molecule has 0 aliphatic heterocycles. The van der Waals surface area contributed by atoms with Crippen LogP contribution in [0.2, 0.25) is 0 Å². The number of hydrogen-bond donors (Lipinski definition) is 2. The van der Waals surface area contributed by atoms with Crippen molar-refractivity contribution < 1.29 is 41.4 Å². The van der Waals surface area contributed by atoms with Gasteiger partial charge in [-0.05, 0) is 17.7 Å². The van der Waals surface area contributed by atoms with E-state index in [0.717, 1.165) is 6.07 Å². The van der Waals surface area contributed by atoms with Gasteiger partial charge in [0.2, 0.25) is 0 Å². The second-order valence-electron chi connectivity index (χ2n) is 4.62. The second-order valence-corrected chi connectivity index (χ2v) is 4.62. The summed E-state index contributed by atoms with van der Waals surface area (Å²) in [5.74, 6) is -3.63. The van der Waals surface area contributed by atoms with Crippen LogP contribution in [-0.4, -0.2) is 28.3 Å². The minimum atomic E-state index is -5.17. The first kappa shape index (κ1) is 15.8. The Hall–Kier alpha value is -1.61. The zero-order valence-corrected chi connectivity index (χ0v) is 10.0. The number of hydrogen-bond acceptors (Lipinski definition) is 3. The van der Waals surface area contributed by atoms with Crippen LogP contribution < -0.4 is 0 Å². The van der Waals surface area contributed by atoms with Crippen molar-refractivity contribution in [3.8, 4) is 0 Å². The molecule has 0 radical (unpaired) electrons. The van der Waals surface area contributed by atoms with E-state index in [2.05, 4.69) is 0 Å². The molecule has 0 heterocycles. The fraction of sp³-hybridized carbons (Fsp3) is 0.417. The van der Waals surface area contributed by atoms with Crippen LogP contribution in [0.4, 0.5) is 26.3 Å². The van der Waals surface area contributed by atoms with E-state index < -0.39 is 47.4 Å². The third-order valence-corrected chi connectivity index (χ3v) is 3.28. The van der Waals surface area contributed by atoms with Gasteiger partial charge in [-0.1, -0.05) is 6.07 Å². The summed E-state index contributed by atoms with van der Waals surface area (Å²) in [6.45, 7) is 0. The maximum Gasteiger partial charge on any atom is 0.416 e. The van der Waals surface area contributed by atoms with Gasteiger partial charge in [0.05, 0.1) is 17.6 Å². The molecule has 0 saturated carbocycles. The van der Waals surface area contributed by atoms with E-state index >= 15 is 0 Å². The number of halogens is 6. The van der Waals surface area contributed by atoms with E-state index in [1.807, 2.05) is 0 Å². The Balaban J connectivity index is 2.45. The largest absolute Gasteiger partial charge is 0.416 e. The van der Waals surface area contributed by atoms with Crippen LogP contribution in [0.25, 0.3) is 0 Å². The van der Waals surface area contributed by atoms with Crippen LogP contribution in [0.3, 0.4) is 0 Å². The summed E-state index contributed by atoms with van der Waals surface area (Å²) in [5.41, 5.74) is -2.24. The van der Waals surface area contributed by atoms with Crippen LogP contribution in [0.15, 0.2) is 18.2 Å². The predicted octanol–water partition coefficient (Wildman–Crippen LogP) is 2.47. The molecule has 3 nitrogen and oxygen atoms in total. The highest BCUT2D eigenvalue weighted by molar-refractivity contribution is 6.03. The van der Waals surface area contributed by atoms with E-state index in [0.29, 0.717) is 12.1 Å². The van der Waals surface area contributed by atoms with Crippen molar-refractivity contribution in [3.05, 3.63) is 34.9 Å². The molecule has 0 bridgehead atoms. The average molecular weight is 314 g/mol. The predicted molar refractivity (Wildman–Crippen MR) is 56.3 cm³/mol. The van der Waals surface area contributed by atoms with Crippen molar-refractivity contribution in [1.82, 2.24) is 0 Å². The molecule has 0 spiro atoms. The number of alkyl halides is 6. The maximum atomic E-state index is 12.5. The van der Waals surface area contributed by atoms with Crippen LogP contribution in [0.1, 0.15) is 27.6 Å². The molecular formula is C12H8F6O3. The van der Waals surface area contributed by atoms with Crippen molar-refractivity contribution in [3.63, 3.8) is 0 Å². The molecule has 0 aromatic heterocycles.